The second-order valence-corrected chi connectivity index (χ2v) is 9.80. The molecule has 196 valence electrons. The molecule has 1 aliphatic heterocycles. The van der Waals surface area contributed by atoms with Crippen molar-refractivity contribution in [1.82, 2.24) is 0 Å². The van der Waals surface area contributed by atoms with Crippen molar-refractivity contribution in [2.75, 3.05) is 10.4 Å². The molecule has 3 aromatic carbocycles. The van der Waals surface area contributed by atoms with Crippen LogP contribution in [0.1, 0.15) is 37.5 Å². The highest BCUT2D eigenvalue weighted by molar-refractivity contribution is 6.71. The Hall–Kier alpha value is -4.66. The molecule has 3 N–H and O–H groups in total. The zero-order chi connectivity index (χ0) is 27.8. The molecule has 0 unspecified atom stereocenters. The third kappa shape index (κ3) is 5.22. The third-order valence-corrected chi connectivity index (χ3v) is 6.30. The summed E-state index contributed by atoms with van der Waals surface area (Å²) in [6.45, 7) is 10.5. The van der Waals surface area contributed by atoms with Gasteiger partial charge in [-0.15, -0.1) is 0 Å². The smallest absolute Gasteiger partial charge is 0.347 e. The molecule has 0 aliphatic carbocycles. The number of carbonyl (C=O) groups excluding carboxylic acids is 1. The Balaban J connectivity index is 1.62. The number of anilines is 2. The number of aliphatic carboxylic acids is 1. The van der Waals surface area contributed by atoms with E-state index < -0.39 is 11.6 Å². The monoisotopic (exact) mass is 514 g/mol. The van der Waals surface area contributed by atoms with E-state index in [-0.39, 0.29) is 17.4 Å². The van der Waals surface area contributed by atoms with Gasteiger partial charge in [-0.25, -0.2) is 4.79 Å². The highest BCUT2D eigenvalue weighted by Crippen LogP contribution is 2.38. The number of carbonyl (C=O) groups is 2. The standard InChI is InChI=1S/C29H30N4O5/c1-16-12-23(20-8-7-9-22(15-20)38-29(5,6)28(36)37)26(34)24(13-16)30-31-25-19(4)32-33(27(25)35)21-11-10-17(2)18(3)14-21/h7-15,30,34H,1-6H3,(H,36,37)/b31-25-. The fraction of sp³-hybridized carbons (Fsp3) is 0.241. The fourth-order valence-electron chi connectivity index (χ4n) is 3.92. The van der Waals surface area contributed by atoms with Crippen molar-refractivity contribution in [2.45, 2.75) is 47.1 Å². The van der Waals surface area contributed by atoms with Crippen molar-refractivity contribution < 1.29 is 24.5 Å². The summed E-state index contributed by atoms with van der Waals surface area (Å²) in [5.41, 5.74) is 7.04. The Kier molecular flexibility index (Phi) is 6.95. The van der Waals surface area contributed by atoms with E-state index >= 15 is 0 Å². The highest BCUT2D eigenvalue weighted by atomic mass is 16.5. The number of benzene rings is 3. The molecule has 0 radical (unpaired) electrons. The lowest BCUT2D eigenvalue weighted by Gasteiger charge is -2.22. The van der Waals surface area contributed by atoms with Gasteiger partial charge in [-0.1, -0.05) is 18.2 Å². The van der Waals surface area contributed by atoms with E-state index in [9.17, 15) is 19.8 Å². The number of rotatable bonds is 7. The minimum atomic E-state index is -1.42. The second-order valence-electron chi connectivity index (χ2n) is 9.80. The predicted molar refractivity (Wildman–Crippen MR) is 148 cm³/mol. The maximum Gasteiger partial charge on any atom is 0.347 e. The van der Waals surface area contributed by atoms with Crippen LogP contribution in [-0.4, -0.2) is 39.1 Å². The SMILES string of the molecule is CC1=NN(c2ccc(C)c(C)c2)C(=O)/C1=N\Nc1cc(C)cc(-c2cccc(OC(C)(C)C(=O)O)c2)c1O. The summed E-state index contributed by atoms with van der Waals surface area (Å²) in [4.78, 5) is 24.6. The first kappa shape index (κ1) is 26.4. The van der Waals surface area contributed by atoms with Gasteiger partial charge in [0, 0.05) is 5.56 Å². The van der Waals surface area contributed by atoms with Gasteiger partial charge in [0.15, 0.2) is 11.3 Å². The van der Waals surface area contributed by atoms with Crippen LogP contribution in [0.15, 0.2) is 64.8 Å². The Bertz CT molecular complexity index is 1510. The quantitative estimate of drug-likeness (QED) is 0.286. The molecule has 1 heterocycles. The molecule has 3 aromatic rings. The molecule has 1 aliphatic rings. The predicted octanol–water partition coefficient (Wildman–Crippen LogP) is 5.42. The van der Waals surface area contributed by atoms with Crippen molar-refractivity contribution in [3.8, 4) is 22.6 Å². The average Bonchev–Trinajstić information content (AvgIpc) is 3.14. The summed E-state index contributed by atoms with van der Waals surface area (Å²) >= 11 is 0. The number of nitrogens with zero attached hydrogens (tertiary/aromatic N) is 3. The van der Waals surface area contributed by atoms with Gasteiger partial charge >= 0.3 is 11.9 Å². The first-order valence-electron chi connectivity index (χ1n) is 12.0. The van der Waals surface area contributed by atoms with Gasteiger partial charge in [0.05, 0.1) is 17.1 Å². The van der Waals surface area contributed by atoms with E-state index in [1.807, 2.05) is 39.0 Å². The number of carboxylic acids is 1. The van der Waals surface area contributed by atoms with Crippen molar-refractivity contribution in [3.63, 3.8) is 0 Å². The summed E-state index contributed by atoms with van der Waals surface area (Å²) in [5.74, 6) is -1.21. The zero-order valence-electron chi connectivity index (χ0n) is 22.2. The topological polar surface area (TPSA) is 124 Å². The maximum atomic E-state index is 13.1. The van der Waals surface area contributed by atoms with Gasteiger partial charge in [0.1, 0.15) is 11.5 Å². The van der Waals surface area contributed by atoms with Gasteiger partial charge in [0.25, 0.3) is 0 Å². The Morgan fingerprint density at radius 1 is 1.03 bits per heavy atom. The lowest BCUT2D eigenvalue weighted by atomic mass is 10.0. The van der Waals surface area contributed by atoms with E-state index in [4.69, 9.17) is 4.74 Å². The molecule has 0 fully saturated rings. The number of ether oxygens (including phenoxy) is 1. The summed E-state index contributed by atoms with van der Waals surface area (Å²) in [5, 5.41) is 30.4. The van der Waals surface area contributed by atoms with Crippen molar-refractivity contribution >= 4 is 34.7 Å². The van der Waals surface area contributed by atoms with Gasteiger partial charge in [-0.3, -0.25) is 10.2 Å². The van der Waals surface area contributed by atoms with Crippen LogP contribution in [-0.2, 0) is 9.59 Å². The molecule has 0 atom stereocenters. The molecule has 38 heavy (non-hydrogen) atoms. The zero-order valence-corrected chi connectivity index (χ0v) is 22.2. The van der Waals surface area contributed by atoms with Crippen molar-refractivity contribution in [3.05, 3.63) is 71.3 Å². The van der Waals surface area contributed by atoms with Crippen LogP contribution >= 0.6 is 0 Å². The number of hydrogen-bond donors (Lipinski definition) is 3. The Morgan fingerprint density at radius 3 is 2.45 bits per heavy atom. The number of phenolic OH excluding ortho intramolecular Hbond substituents is 1. The first-order valence-corrected chi connectivity index (χ1v) is 12.0. The number of aryl methyl sites for hydroxylation is 3. The number of hydrazone groups is 2. The van der Waals surface area contributed by atoms with Crippen LogP contribution in [0.4, 0.5) is 11.4 Å². The minimum Gasteiger partial charge on any atom is -0.505 e. The lowest BCUT2D eigenvalue weighted by Crippen LogP contribution is -2.37. The fourth-order valence-corrected chi connectivity index (χ4v) is 3.92. The Labute approximate surface area is 221 Å². The van der Waals surface area contributed by atoms with E-state index in [2.05, 4.69) is 15.6 Å². The summed E-state index contributed by atoms with van der Waals surface area (Å²) in [7, 11) is 0. The van der Waals surface area contributed by atoms with Gasteiger partial charge < -0.3 is 14.9 Å². The first-order chi connectivity index (χ1) is 17.9. The van der Waals surface area contributed by atoms with Gasteiger partial charge in [-0.2, -0.15) is 15.2 Å². The van der Waals surface area contributed by atoms with E-state index in [1.165, 1.54) is 18.9 Å². The molecule has 0 saturated carbocycles. The van der Waals surface area contributed by atoms with Crippen LogP contribution < -0.4 is 15.2 Å². The number of hydrogen-bond acceptors (Lipinski definition) is 7. The molecule has 0 saturated heterocycles. The van der Waals surface area contributed by atoms with Crippen LogP contribution in [0.3, 0.4) is 0 Å². The molecule has 4 rings (SSSR count). The second kappa shape index (κ2) is 10.0. The molecular formula is C29H30N4O5. The molecule has 9 heteroatoms. The van der Waals surface area contributed by atoms with Crippen LogP contribution in [0.2, 0.25) is 0 Å². The molecular weight excluding hydrogens is 484 g/mol. The van der Waals surface area contributed by atoms with Crippen molar-refractivity contribution in [2.24, 2.45) is 10.2 Å². The molecule has 0 bridgehead atoms. The van der Waals surface area contributed by atoms with Crippen LogP contribution in [0.25, 0.3) is 11.1 Å². The summed E-state index contributed by atoms with van der Waals surface area (Å²) < 4.78 is 5.65. The molecule has 1 amide bonds. The van der Waals surface area contributed by atoms with E-state index in [0.29, 0.717) is 34.0 Å². The summed E-state index contributed by atoms with van der Waals surface area (Å²) in [6.07, 6.45) is 0. The average molecular weight is 515 g/mol. The lowest BCUT2D eigenvalue weighted by molar-refractivity contribution is -0.152. The molecule has 9 nitrogen and oxygen atoms in total. The van der Waals surface area contributed by atoms with Crippen LogP contribution in [0.5, 0.6) is 11.5 Å². The number of amides is 1. The largest absolute Gasteiger partial charge is 0.505 e. The van der Waals surface area contributed by atoms with E-state index in [0.717, 1.165) is 16.7 Å². The van der Waals surface area contributed by atoms with Gasteiger partial charge in [-0.05, 0) is 100 Å². The highest BCUT2D eigenvalue weighted by Gasteiger charge is 2.31. The maximum absolute atomic E-state index is 13.1. The number of carboxylic acid groups (broad SMARTS) is 1. The number of aromatic hydroxyl groups is 1. The number of phenols is 1. The normalized spacial score (nSPS) is 14.6. The number of nitrogens with one attached hydrogen (secondary N) is 1. The third-order valence-electron chi connectivity index (χ3n) is 6.30. The van der Waals surface area contributed by atoms with Crippen LogP contribution in [0, 0.1) is 20.8 Å². The summed E-state index contributed by atoms with van der Waals surface area (Å²) in [6, 6.07) is 16.0. The molecule has 0 aromatic heterocycles. The van der Waals surface area contributed by atoms with Gasteiger partial charge in [0.2, 0.25) is 0 Å². The van der Waals surface area contributed by atoms with E-state index in [1.54, 1.807) is 43.3 Å². The minimum absolute atomic E-state index is 0.0827. The molecule has 0 spiro atoms. The Morgan fingerprint density at radius 2 is 1.76 bits per heavy atom. The van der Waals surface area contributed by atoms with Crippen molar-refractivity contribution in [1.29, 1.82) is 0 Å².